The summed E-state index contributed by atoms with van der Waals surface area (Å²) in [6.07, 6.45) is 0. The van der Waals surface area contributed by atoms with E-state index in [1.54, 1.807) is 24.3 Å². The minimum atomic E-state index is -0.311. The SMILES string of the molecule is O=C(NC(=S)Nc1cccc2ccccc12)c1cccc(OCCOc2ccccc2)c1. The number of benzene rings is 4. The monoisotopic (exact) mass is 442 g/mol. The number of para-hydroxylation sites is 1. The van der Waals surface area contributed by atoms with Crippen molar-refractivity contribution in [3.8, 4) is 11.5 Å². The minimum absolute atomic E-state index is 0.230. The van der Waals surface area contributed by atoms with Crippen molar-refractivity contribution < 1.29 is 14.3 Å². The molecule has 4 aromatic carbocycles. The number of ether oxygens (including phenoxy) is 2. The lowest BCUT2D eigenvalue weighted by molar-refractivity contribution is 0.0977. The van der Waals surface area contributed by atoms with E-state index in [1.807, 2.05) is 72.8 Å². The van der Waals surface area contributed by atoms with E-state index in [-0.39, 0.29) is 11.0 Å². The van der Waals surface area contributed by atoms with Crippen molar-refractivity contribution in [1.29, 1.82) is 0 Å². The van der Waals surface area contributed by atoms with Crippen molar-refractivity contribution >= 4 is 39.7 Å². The molecule has 32 heavy (non-hydrogen) atoms. The Kier molecular flexibility index (Phi) is 6.94. The second kappa shape index (κ2) is 10.4. The van der Waals surface area contributed by atoms with E-state index in [0.29, 0.717) is 24.5 Å². The van der Waals surface area contributed by atoms with Gasteiger partial charge in [-0.15, -0.1) is 0 Å². The maximum Gasteiger partial charge on any atom is 0.257 e. The van der Waals surface area contributed by atoms with Crippen molar-refractivity contribution in [2.75, 3.05) is 18.5 Å². The van der Waals surface area contributed by atoms with Gasteiger partial charge in [0, 0.05) is 16.6 Å². The molecule has 0 fully saturated rings. The highest BCUT2D eigenvalue weighted by Crippen LogP contribution is 2.23. The summed E-state index contributed by atoms with van der Waals surface area (Å²) >= 11 is 5.35. The summed E-state index contributed by atoms with van der Waals surface area (Å²) in [6.45, 7) is 0.764. The van der Waals surface area contributed by atoms with Crippen LogP contribution >= 0.6 is 12.2 Å². The fourth-order valence-corrected chi connectivity index (χ4v) is 3.43. The Hall–Kier alpha value is -3.90. The van der Waals surface area contributed by atoms with Crippen LogP contribution in [0.15, 0.2) is 97.1 Å². The lowest BCUT2D eigenvalue weighted by atomic mass is 10.1. The summed E-state index contributed by atoms with van der Waals surface area (Å²) in [5, 5.41) is 8.18. The molecule has 0 atom stereocenters. The Morgan fingerprint density at radius 1 is 0.750 bits per heavy atom. The molecule has 5 nitrogen and oxygen atoms in total. The van der Waals surface area contributed by atoms with Crippen molar-refractivity contribution in [3.05, 3.63) is 103 Å². The van der Waals surface area contributed by atoms with Gasteiger partial charge >= 0.3 is 0 Å². The number of nitrogens with one attached hydrogen (secondary N) is 2. The average molecular weight is 443 g/mol. The van der Waals surface area contributed by atoms with Crippen molar-refractivity contribution in [2.45, 2.75) is 0 Å². The Balaban J connectivity index is 1.31. The number of hydrogen-bond acceptors (Lipinski definition) is 4. The third-order valence-corrected chi connectivity index (χ3v) is 4.93. The van der Waals surface area contributed by atoms with Crippen LogP contribution < -0.4 is 20.1 Å². The molecule has 0 unspecified atom stereocenters. The van der Waals surface area contributed by atoms with Crippen LogP contribution in [-0.4, -0.2) is 24.2 Å². The zero-order valence-corrected chi connectivity index (χ0v) is 18.1. The number of anilines is 1. The van der Waals surface area contributed by atoms with E-state index in [1.165, 1.54) is 0 Å². The second-order valence-electron chi connectivity index (χ2n) is 6.97. The molecule has 0 saturated heterocycles. The Labute approximate surface area is 192 Å². The van der Waals surface area contributed by atoms with Gasteiger partial charge in [0.2, 0.25) is 0 Å². The molecule has 0 aliphatic heterocycles. The van der Waals surface area contributed by atoms with Crippen molar-refractivity contribution in [1.82, 2.24) is 5.32 Å². The molecule has 0 spiro atoms. The number of rotatable bonds is 7. The van der Waals surface area contributed by atoms with Gasteiger partial charge in [-0.2, -0.15) is 0 Å². The van der Waals surface area contributed by atoms with Crippen LogP contribution in [0, 0.1) is 0 Å². The lowest BCUT2D eigenvalue weighted by Crippen LogP contribution is -2.34. The Bertz CT molecular complexity index is 1220. The van der Waals surface area contributed by atoms with Crippen LogP contribution in [0.25, 0.3) is 10.8 Å². The molecule has 0 radical (unpaired) electrons. The van der Waals surface area contributed by atoms with Gasteiger partial charge in [0.05, 0.1) is 0 Å². The highest BCUT2D eigenvalue weighted by atomic mass is 32.1. The molecule has 0 aliphatic carbocycles. The summed E-state index contributed by atoms with van der Waals surface area (Å²) in [6, 6.07) is 30.4. The Morgan fingerprint density at radius 3 is 2.25 bits per heavy atom. The lowest BCUT2D eigenvalue weighted by Gasteiger charge is -2.12. The van der Waals surface area contributed by atoms with E-state index in [9.17, 15) is 4.79 Å². The molecule has 2 N–H and O–H groups in total. The maximum atomic E-state index is 12.7. The molecule has 160 valence electrons. The topological polar surface area (TPSA) is 59.6 Å². The molecule has 0 heterocycles. The van der Waals surface area contributed by atoms with Gasteiger partial charge in [-0.05, 0) is 54.0 Å². The molecule has 0 aliphatic rings. The fourth-order valence-electron chi connectivity index (χ4n) is 3.23. The van der Waals surface area contributed by atoms with Gasteiger partial charge < -0.3 is 14.8 Å². The quantitative estimate of drug-likeness (QED) is 0.295. The molecule has 1 amide bonds. The molecule has 0 bridgehead atoms. The first kappa shape index (κ1) is 21.3. The highest BCUT2D eigenvalue weighted by Gasteiger charge is 2.10. The normalized spacial score (nSPS) is 10.4. The number of hydrogen-bond donors (Lipinski definition) is 2. The van der Waals surface area contributed by atoms with Gasteiger partial charge in [0.1, 0.15) is 24.7 Å². The summed E-state index contributed by atoms with van der Waals surface area (Å²) in [4.78, 5) is 12.7. The van der Waals surface area contributed by atoms with E-state index in [4.69, 9.17) is 21.7 Å². The number of carbonyl (C=O) groups excluding carboxylic acids is 1. The standard InChI is InChI=1S/C26H22N2O3S/c29-25(28-26(32)27-24-15-7-9-19-8-4-5-14-23(19)24)20-10-6-13-22(18-20)31-17-16-30-21-11-2-1-3-12-21/h1-15,18H,16-17H2,(H2,27,28,29,32). The molecule has 4 aromatic rings. The predicted octanol–water partition coefficient (Wildman–Crippen LogP) is 5.42. The van der Waals surface area contributed by atoms with Crippen LogP contribution in [0.5, 0.6) is 11.5 Å². The van der Waals surface area contributed by atoms with Crippen molar-refractivity contribution in [2.24, 2.45) is 0 Å². The van der Waals surface area contributed by atoms with Crippen molar-refractivity contribution in [3.63, 3.8) is 0 Å². The van der Waals surface area contributed by atoms with Crippen LogP contribution in [0.1, 0.15) is 10.4 Å². The largest absolute Gasteiger partial charge is 0.490 e. The summed E-state index contributed by atoms with van der Waals surface area (Å²) in [5.41, 5.74) is 1.29. The predicted molar refractivity (Wildman–Crippen MR) is 132 cm³/mol. The molecule has 6 heteroatoms. The van der Waals surface area contributed by atoms with Crippen LogP contribution in [0.4, 0.5) is 5.69 Å². The van der Waals surface area contributed by atoms with E-state index >= 15 is 0 Å². The smallest absolute Gasteiger partial charge is 0.257 e. The molecular formula is C26H22N2O3S. The van der Waals surface area contributed by atoms with Gasteiger partial charge in [0.15, 0.2) is 5.11 Å². The highest BCUT2D eigenvalue weighted by molar-refractivity contribution is 7.80. The first-order chi connectivity index (χ1) is 15.7. The first-order valence-electron chi connectivity index (χ1n) is 10.2. The third-order valence-electron chi connectivity index (χ3n) is 4.73. The van der Waals surface area contributed by atoms with Crippen LogP contribution in [0.2, 0.25) is 0 Å². The zero-order chi connectivity index (χ0) is 22.2. The summed E-state index contributed by atoms with van der Waals surface area (Å²) in [7, 11) is 0. The Morgan fingerprint density at radius 2 is 1.41 bits per heavy atom. The summed E-state index contributed by atoms with van der Waals surface area (Å²) < 4.78 is 11.3. The number of amides is 1. The van der Waals surface area contributed by atoms with Crippen LogP contribution in [-0.2, 0) is 0 Å². The van der Waals surface area contributed by atoms with Gasteiger partial charge in [-0.25, -0.2) is 0 Å². The number of fused-ring (bicyclic) bond motifs is 1. The number of carbonyl (C=O) groups is 1. The molecule has 0 aromatic heterocycles. The van der Waals surface area contributed by atoms with E-state index < -0.39 is 0 Å². The third kappa shape index (κ3) is 5.62. The molecule has 4 rings (SSSR count). The van der Waals surface area contributed by atoms with Gasteiger partial charge in [-0.1, -0.05) is 60.7 Å². The minimum Gasteiger partial charge on any atom is -0.490 e. The van der Waals surface area contributed by atoms with E-state index in [0.717, 1.165) is 22.2 Å². The average Bonchev–Trinajstić information content (AvgIpc) is 2.83. The van der Waals surface area contributed by atoms with E-state index in [2.05, 4.69) is 10.6 Å². The van der Waals surface area contributed by atoms with Crippen LogP contribution in [0.3, 0.4) is 0 Å². The first-order valence-corrected chi connectivity index (χ1v) is 10.6. The second-order valence-corrected chi connectivity index (χ2v) is 7.38. The van der Waals surface area contributed by atoms with Gasteiger partial charge in [0.25, 0.3) is 5.91 Å². The maximum absolute atomic E-state index is 12.7. The molecular weight excluding hydrogens is 420 g/mol. The zero-order valence-electron chi connectivity index (χ0n) is 17.3. The van der Waals surface area contributed by atoms with Gasteiger partial charge in [-0.3, -0.25) is 10.1 Å². The molecule has 0 saturated carbocycles. The number of thiocarbonyl (C=S) groups is 1. The summed E-state index contributed by atoms with van der Waals surface area (Å²) in [5.74, 6) is 1.06. The fraction of sp³-hybridized carbons (Fsp3) is 0.0769.